The van der Waals surface area contributed by atoms with Gasteiger partial charge in [0, 0.05) is 10.4 Å². The number of esters is 1. The van der Waals surface area contributed by atoms with Crippen molar-refractivity contribution >= 4 is 56.9 Å². The first kappa shape index (κ1) is 20.3. The lowest BCUT2D eigenvalue weighted by molar-refractivity contribution is 0.0529. The van der Waals surface area contributed by atoms with E-state index in [9.17, 15) is 4.79 Å². The highest BCUT2D eigenvalue weighted by atomic mass is 35.5. The van der Waals surface area contributed by atoms with Crippen LogP contribution in [0, 0.1) is 6.92 Å². The second kappa shape index (κ2) is 9.19. The van der Waals surface area contributed by atoms with E-state index >= 15 is 0 Å². The second-order valence-electron chi connectivity index (χ2n) is 5.88. The van der Waals surface area contributed by atoms with Crippen molar-refractivity contribution in [1.82, 2.24) is 0 Å². The van der Waals surface area contributed by atoms with E-state index in [0.717, 1.165) is 16.0 Å². The molecule has 1 heterocycles. The Labute approximate surface area is 178 Å². The Morgan fingerprint density at radius 2 is 1.79 bits per heavy atom. The number of thiocarbonyl (C=S) groups is 1. The maximum atomic E-state index is 12.7. The SMILES string of the molecule is CCOC(=O)c1c(NC(=S)Nc2ccccc2Cl)sc(C)c1-c1ccccc1. The number of benzene rings is 2. The van der Waals surface area contributed by atoms with Crippen molar-refractivity contribution in [2.45, 2.75) is 13.8 Å². The molecule has 2 aromatic carbocycles. The molecule has 0 bridgehead atoms. The number of rotatable bonds is 5. The number of aryl methyl sites for hydroxylation is 1. The van der Waals surface area contributed by atoms with Crippen LogP contribution >= 0.6 is 35.2 Å². The third-order valence-corrected chi connectivity index (χ3v) is 5.53. The van der Waals surface area contributed by atoms with Crippen LogP contribution in [0.15, 0.2) is 54.6 Å². The van der Waals surface area contributed by atoms with Gasteiger partial charge >= 0.3 is 5.97 Å². The minimum Gasteiger partial charge on any atom is -0.462 e. The van der Waals surface area contributed by atoms with Crippen LogP contribution in [0.4, 0.5) is 10.7 Å². The number of hydrogen-bond donors (Lipinski definition) is 2. The molecule has 0 aliphatic carbocycles. The lowest BCUT2D eigenvalue weighted by Gasteiger charge is -2.12. The standard InChI is InChI=1S/C21H19ClN2O2S2/c1-3-26-20(25)18-17(14-9-5-4-6-10-14)13(2)28-19(18)24-21(27)23-16-12-8-7-11-15(16)22/h4-12H,3H2,1-2H3,(H2,23,24,27). The van der Waals surface area contributed by atoms with Gasteiger partial charge in [-0.1, -0.05) is 54.1 Å². The maximum absolute atomic E-state index is 12.7. The molecule has 28 heavy (non-hydrogen) atoms. The molecule has 3 aromatic rings. The highest BCUT2D eigenvalue weighted by Crippen LogP contribution is 2.40. The topological polar surface area (TPSA) is 50.4 Å². The van der Waals surface area contributed by atoms with Crippen molar-refractivity contribution in [1.29, 1.82) is 0 Å². The van der Waals surface area contributed by atoms with E-state index in [-0.39, 0.29) is 5.97 Å². The van der Waals surface area contributed by atoms with Crippen LogP contribution in [-0.4, -0.2) is 17.7 Å². The van der Waals surface area contributed by atoms with E-state index in [0.29, 0.717) is 33.0 Å². The van der Waals surface area contributed by atoms with Crippen molar-refractivity contribution in [3.63, 3.8) is 0 Å². The molecule has 0 spiro atoms. The zero-order chi connectivity index (χ0) is 20.1. The van der Waals surface area contributed by atoms with Crippen LogP contribution in [0.1, 0.15) is 22.2 Å². The Hall–Kier alpha value is -2.41. The lowest BCUT2D eigenvalue weighted by Crippen LogP contribution is -2.20. The summed E-state index contributed by atoms with van der Waals surface area (Å²) in [6.45, 7) is 4.06. The second-order valence-corrected chi connectivity index (χ2v) is 7.92. The lowest BCUT2D eigenvalue weighted by atomic mass is 10.0. The number of ether oxygens (including phenoxy) is 1. The molecule has 1 aromatic heterocycles. The highest BCUT2D eigenvalue weighted by Gasteiger charge is 2.25. The largest absolute Gasteiger partial charge is 0.462 e. The first-order valence-corrected chi connectivity index (χ1v) is 10.3. The van der Waals surface area contributed by atoms with E-state index in [1.54, 1.807) is 13.0 Å². The third-order valence-electron chi connectivity index (χ3n) is 3.98. The van der Waals surface area contributed by atoms with Gasteiger partial charge in [0.25, 0.3) is 0 Å². The van der Waals surface area contributed by atoms with Crippen molar-refractivity contribution in [2.75, 3.05) is 17.2 Å². The quantitative estimate of drug-likeness (QED) is 0.364. The average Bonchev–Trinajstić information content (AvgIpc) is 3.00. The molecule has 0 unspecified atom stereocenters. The number of carbonyl (C=O) groups is 1. The monoisotopic (exact) mass is 430 g/mol. The number of thiophene rings is 1. The number of anilines is 2. The molecule has 0 saturated carbocycles. The average molecular weight is 431 g/mol. The normalized spacial score (nSPS) is 10.4. The van der Waals surface area contributed by atoms with Crippen LogP contribution in [0.5, 0.6) is 0 Å². The number of para-hydroxylation sites is 1. The van der Waals surface area contributed by atoms with Gasteiger partial charge in [-0.05, 0) is 43.8 Å². The Balaban J connectivity index is 1.95. The predicted molar refractivity (Wildman–Crippen MR) is 122 cm³/mol. The first-order chi connectivity index (χ1) is 13.5. The molecule has 2 N–H and O–H groups in total. The van der Waals surface area contributed by atoms with Gasteiger partial charge in [0.15, 0.2) is 5.11 Å². The van der Waals surface area contributed by atoms with Crippen LogP contribution in [0.3, 0.4) is 0 Å². The molecular weight excluding hydrogens is 412 g/mol. The van der Waals surface area contributed by atoms with Gasteiger partial charge in [0.2, 0.25) is 0 Å². The molecule has 0 amide bonds. The zero-order valence-corrected chi connectivity index (χ0v) is 17.8. The van der Waals surface area contributed by atoms with Gasteiger partial charge in [-0.25, -0.2) is 4.79 Å². The Morgan fingerprint density at radius 3 is 2.46 bits per heavy atom. The molecule has 3 rings (SSSR count). The summed E-state index contributed by atoms with van der Waals surface area (Å²) in [5, 5.41) is 7.75. The molecule has 0 aliphatic heterocycles. The number of hydrogen-bond acceptors (Lipinski definition) is 4. The molecule has 4 nitrogen and oxygen atoms in total. The van der Waals surface area contributed by atoms with Gasteiger partial charge in [0.05, 0.1) is 17.3 Å². The molecule has 144 valence electrons. The molecule has 7 heteroatoms. The van der Waals surface area contributed by atoms with Gasteiger partial charge in [-0.2, -0.15) is 0 Å². The van der Waals surface area contributed by atoms with Gasteiger partial charge in [0.1, 0.15) is 10.6 Å². The Morgan fingerprint density at radius 1 is 1.11 bits per heavy atom. The molecule has 0 radical (unpaired) electrons. The van der Waals surface area contributed by atoms with Crippen molar-refractivity contribution in [3.05, 3.63) is 70.1 Å². The van der Waals surface area contributed by atoms with Crippen molar-refractivity contribution in [3.8, 4) is 11.1 Å². The molecule has 0 saturated heterocycles. The minimum atomic E-state index is -0.381. The Bertz CT molecular complexity index is 1000. The zero-order valence-electron chi connectivity index (χ0n) is 15.4. The fourth-order valence-electron chi connectivity index (χ4n) is 2.80. The van der Waals surface area contributed by atoms with E-state index in [1.807, 2.05) is 55.5 Å². The highest BCUT2D eigenvalue weighted by molar-refractivity contribution is 7.80. The number of halogens is 1. The summed E-state index contributed by atoms with van der Waals surface area (Å²) >= 11 is 13.1. The van der Waals surface area contributed by atoms with E-state index in [1.165, 1.54) is 11.3 Å². The van der Waals surface area contributed by atoms with E-state index in [4.69, 9.17) is 28.6 Å². The van der Waals surface area contributed by atoms with E-state index < -0.39 is 0 Å². The molecule has 0 fully saturated rings. The van der Waals surface area contributed by atoms with Crippen LogP contribution in [0.25, 0.3) is 11.1 Å². The smallest absolute Gasteiger partial charge is 0.341 e. The van der Waals surface area contributed by atoms with Crippen LogP contribution in [-0.2, 0) is 4.74 Å². The van der Waals surface area contributed by atoms with E-state index in [2.05, 4.69) is 10.6 Å². The Kier molecular flexibility index (Phi) is 6.67. The van der Waals surface area contributed by atoms with Crippen molar-refractivity contribution < 1.29 is 9.53 Å². The van der Waals surface area contributed by atoms with Crippen LogP contribution < -0.4 is 10.6 Å². The summed E-state index contributed by atoms with van der Waals surface area (Å²) in [6, 6.07) is 17.1. The van der Waals surface area contributed by atoms with Crippen LogP contribution in [0.2, 0.25) is 5.02 Å². The third kappa shape index (κ3) is 4.52. The van der Waals surface area contributed by atoms with Crippen molar-refractivity contribution in [2.24, 2.45) is 0 Å². The number of nitrogens with one attached hydrogen (secondary N) is 2. The number of carbonyl (C=O) groups excluding carboxylic acids is 1. The summed E-state index contributed by atoms with van der Waals surface area (Å²) in [6.07, 6.45) is 0. The fraction of sp³-hybridized carbons (Fsp3) is 0.143. The molecule has 0 atom stereocenters. The molecular formula is C21H19ClN2O2S2. The maximum Gasteiger partial charge on any atom is 0.341 e. The van der Waals surface area contributed by atoms with Gasteiger partial charge in [-0.15, -0.1) is 11.3 Å². The molecule has 0 aliphatic rings. The summed E-state index contributed by atoms with van der Waals surface area (Å²) in [4.78, 5) is 13.7. The predicted octanol–water partition coefficient (Wildman–Crippen LogP) is 6.36. The summed E-state index contributed by atoms with van der Waals surface area (Å²) in [7, 11) is 0. The van der Waals surface area contributed by atoms with Gasteiger partial charge in [-0.3, -0.25) is 0 Å². The summed E-state index contributed by atoms with van der Waals surface area (Å²) in [5.41, 5.74) is 2.99. The van der Waals surface area contributed by atoms with Gasteiger partial charge < -0.3 is 15.4 Å². The summed E-state index contributed by atoms with van der Waals surface area (Å²) < 4.78 is 5.31. The summed E-state index contributed by atoms with van der Waals surface area (Å²) in [5.74, 6) is -0.381. The first-order valence-electron chi connectivity index (χ1n) is 8.69. The fourth-order valence-corrected chi connectivity index (χ4v) is 4.33. The minimum absolute atomic E-state index is 0.295.